The summed E-state index contributed by atoms with van der Waals surface area (Å²) in [4.78, 5) is 15.6. The van der Waals surface area contributed by atoms with E-state index in [2.05, 4.69) is 35.2 Å². The number of hydrogen-bond donors (Lipinski definition) is 0. The average Bonchev–Trinajstić information content (AvgIpc) is 3.33. The zero-order chi connectivity index (χ0) is 22.6. The Hall–Kier alpha value is -2.18. The molecule has 1 fully saturated rings. The van der Waals surface area contributed by atoms with E-state index in [1.54, 1.807) is 5.01 Å². The molecule has 1 amide bonds. The van der Waals surface area contributed by atoms with Crippen LogP contribution in [0.2, 0.25) is 0 Å². The average molecular weight is 478 g/mol. The van der Waals surface area contributed by atoms with E-state index in [1.165, 1.54) is 61.4 Å². The van der Waals surface area contributed by atoms with Gasteiger partial charge in [0.25, 0.3) is 5.91 Å². The van der Waals surface area contributed by atoms with Gasteiger partial charge in [0.2, 0.25) is 0 Å². The van der Waals surface area contributed by atoms with Gasteiger partial charge in [0.15, 0.2) is 0 Å². The summed E-state index contributed by atoms with van der Waals surface area (Å²) in [5.74, 6) is 0.362. The van der Waals surface area contributed by atoms with Gasteiger partial charge in [-0.1, -0.05) is 66.4 Å². The first-order valence-corrected chi connectivity index (χ1v) is 13.6. The maximum absolute atomic E-state index is 13.3. The minimum absolute atomic E-state index is 0.0289. The topological polar surface area (TPSA) is 35.9 Å². The molecular formula is C27H31N3OS2. The lowest BCUT2D eigenvalue weighted by atomic mass is 9.89. The molecule has 0 N–H and O–H groups in total. The van der Waals surface area contributed by atoms with Crippen LogP contribution >= 0.6 is 24.0 Å². The molecule has 1 saturated heterocycles. The standard InChI is InChI=1S/C27H31N3OS2/c31-26(19-33-27(32)29-15-7-2-8-16-29)30-25(21-10-3-1-4-11-21)18-24(28-30)23-14-13-20-9-5-6-12-22(20)17-23/h1,3-4,10-11,13-14,17,25H,2,5-9,12,15-16,18-19H2/t25-/m1/s1. The fourth-order valence-corrected chi connectivity index (χ4v) is 6.22. The Morgan fingerprint density at radius 2 is 1.73 bits per heavy atom. The number of piperidine rings is 1. The van der Waals surface area contributed by atoms with Crippen molar-refractivity contribution in [2.75, 3.05) is 18.8 Å². The quantitative estimate of drug-likeness (QED) is 0.526. The lowest BCUT2D eigenvalue weighted by molar-refractivity contribution is -0.130. The van der Waals surface area contributed by atoms with Gasteiger partial charge >= 0.3 is 0 Å². The molecule has 5 rings (SSSR count). The Morgan fingerprint density at radius 3 is 2.52 bits per heavy atom. The number of carbonyl (C=O) groups is 1. The summed E-state index contributed by atoms with van der Waals surface area (Å²) in [5, 5.41) is 6.60. The van der Waals surface area contributed by atoms with Crippen LogP contribution in [0.3, 0.4) is 0 Å². The molecule has 2 heterocycles. The van der Waals surface area contributed by atoms with E-state index in [9.17, 15) is 4.79 Å². The van der Waals surface area contributed by atoms with Crippen molar-refractivity contribution in [2.24, 2.45) is 5.10 Å². The minimum Gasteiger partial charge on any atom is -0.358 e. The first-order valence-electron chi connectivity index (χ1n) is 12.2. The summed E-state index contributed by atoms with van der Waals surface area (Å²) in [6.45, 7) is 2.02. The highest BCUT2D eigenvalue weighted by Gasteiger charge is 2.33. The number of hydrogen-bond acceptors (Lipinski definition) is 4. The normalized spacial score (nSPS) is 20.4. The summed E-state index contributed by atoms with van der Waals surface area (Å²) in [7, 11) is 0. The highest BCUT2D eigenvalue weighted by molar-refractivity contribution is 8.23. The largest absolute Gasteiger partial charge is 0.358 e. The lowest BCUT2D eigenvalue weighted by Gasteiger charge is -2.29. The van der Waals surface area contributed by atoms with Crippen molar-refractivity contribution >= 4 is 39.9 Å². The Bertz CT molecular complexity index is 1050. The number of thioether (sulfide) groups is 1. The molecular weight excluding hydrogens is 446 g/mol. The van der Waals surface area contributed by atoms with Crippen LogP contribution in [0.25, 0.3) is 0 Å². The smallest absolute Gasteiger partial charge is 0.253 e. The number of likely N-dealkylation sites (tertiary alicyclic amines) is 1. The van der Waals surface area contributed by atoms with Gasteiger partial charge in [-0.15, -0.1) is 0 Å². The molecule has 2 aliphatic heterocycles. The van der Waals surface area contributed by atoms with Crippen LogP contribution in [-0.2, 0) is 17.6 Å². The number of nitrogens with zero attached hydrogens (tertiary/aromatic N) is 3. The maximum Gasteiger partial charge on any atom is 0.253 e. The second-order valence-electron chi connectivity index (χ2n) is 9.21. The molecule has 1 aliphatic carbocycles. The molecule has 0 bridgehead atoms. The van der Waals surface area contributed by atoms with Crippen molar-refractivity contribution in [3.8, 4) is 0 Å². The zero-order valence-corrected chi connectivity index (χ0v) is 20.7. The van der Waals surface area contributed by atoms with Gasteiger partial charge < -0.3 is 4.90 Å². The predicted molar refractivity (Wildman–Crippen MR) is 141 cm³/mol. The van der Waals surface area contributed by atoms with Crippen molar-refractivity contribution in [1.82, 2.24) is 9.91 Å². The summed E-state index contributed by atoms with van der Waals surface area (Å²) in [5.41, 5.74) is 6.22. The molecule has 1 atom stereocenters. The summed E-state index contributed by atoms with van der Waals surface area (Å²) < 4.78 is 0.845. The molecule has 172 valence electrons. The van der Waals surface area contributed by atoms with E-state index in [0.29, 0.717) is 5.75 Å². The number of aryl methyl sites for hydroxylation is 2. The number of hydrazone groups is 1. The van der Waals surface area contributed by atoms with E-state index in [0.717, 1.165) is 47.1 Å². The third-order valence-corrected chi connectivity index (χ3v) is 8.47. The van der Waals surface area contributed by atoms with Crippen molar-refractivity contribution in [2.45, 2.75) is 57.4 Å². The van der Waals surface area contributed by atoms with Crippen molar-refractivity contribution in [1.29, 1.82) is 0 Å². The van der Waals surface area contributed by atoms with Gasteiger partial charge in [0.05, 0.1) is 17.5 Å². The predicted octanol–water partition coefficient (Wildman–Crippen LogP) is 5.75. The lowest BCUT2D eigenvalue weighted by Crippen LogP contribution is -2.34. The fraction of sp³-hybridized carbons (Fsp3) is 0.444. The first-order chi connectivity index (χ1) is 16.2. The Balaban J connectivity index is 1.34. The van der Waals surface area contributed by atoms with Gasteiger partial charge in [-0.25, -0.2) is 5.01 Å². The minimum atomic E-state index is -0.0612. The molecule has 0 spiro atoms. The van der Waals surface area contributed by atoms with Crippen molar-refractivity contribution in [3.63, 3.8) is 0 Å². The monoisotopic (exact) mass is 477 g/mol. The highest BCUT2D eigenvalue weighted by atomic mass is 32.2. The van der Waals surface area contributed by atoms with Gasteiger partial charge in [-0.05, 0) is 73.3 Å². The zero-order valence-electron chi connectivity index (χ0n) is 19.0. The summed E-state index contributed by atoms with van der Waals surface area (Å²) >= 11 is 7.12. The van der Waals surface area contributed by atoms with Crippen LogP contribution in [0, 0.1) is 0 Å². The number of fused-ring (bicyclic) bond motifs is 1. The summed E-state index contributed by atoms with van der Waals surface area (Å²) in [6, 6.07) is 17.0. The Kier molecular flexibility index (Phi) is 7.12. The number of benzene rings is 2. The van der Waals surface area contributed by atoms with Gasteiger partial charge in [-0.3, -0.25) is 4.79 Å². The molecule has 2 aromatic carbocycles. The number of thiocarbonyl (C=S) groups is 1. The van der Waals surface area contributed by atoms with E-state index < -0.39 is 0 Å². The second-order valence-corrected chi connectivity index (χ2v) is 10.8. The van der Waals surface area contributed by atoms with Crippen molar-refractivity contribution in [3.05, 3.63) is 70.8 Å². The SMILES string of the molecule is O=C(CSC(=S)N1CCCCC1)N1N=C(c2ccc3c(c2)CCCC3)C[C@@H]1c1ccccc1. The molecule has 0 saturated carbocycles. The molecule has 0 aromatic heterocycles. The van der Waals surface area contributed by atoms with Crippen LogP contribution in [0.1, 0.15) is 66.8 Å². The molecule has 0 unspecified atom stereocenters. The number of rotatable bonds is 4. The Labute approximate surface area is 206 Å². The Morgan fingerprint density at radius 1 is 0.970 bits per heavy atom. The molecule has 6 heteroatoms. The molecule has 33 heavy (non-hydrogen) atoms. The van der Waals surface area contributed by atoms with E-state index in [1.807, 2.05) is 18.2 Å². The van der Waals surface area contributed by atoms with Crippen molar-refractivity contribution < 1.29 is 4.79 Å². The van der Waals surface area contributed by atoms with E-state index in [-0.39, 0.29) is 11.9 Å². The second kappa shape index (κ2) is 10.4. The van der Waals surface area contributed by atoms with Crippen LogP contribution in [0.15, 0.2) is 53.6 Å². The van der Waals surface area contributed by atoms with Gasteiger partial charge in [-0.2, -0.15) is 5.10 Å². The highest BCUT2D eigenvalue weighted by Crippen LogP contribution is 2.34. The first kappa shape index (κ1) is 22.6. The van der Waals surface area contributed by atoms with Gasteiger partial charge in [0.1, 0.15) is 4.32 Å². The third kappa shape index (κ3) is 5.17. The van der Waals surface area contributed by atoms with Gasteiger partial charge in [0, 0.05) is 19.5 Å². The maximum atomic E-state index is 13.3. The molecule has 3 aliphatic rings. The number of carbonyl (C=O) groups excluding carboxylic acids is 1. The van der Waals surface area contributed by atoms with E-state index in [4.69, 9.17) is 17.3 Å². The fourth-order valence-electron chi connectivity index (χ4n) is 5.12. The van der Waals surface area contributed by atoms with E-state index >= 15 is 0 Å². The molecule has 2 aromatic rings. The third-order valence-electron chi connectivity index (χ3n) is 6.97. The van der Waals surface area contributed by atoms with Crippen LogP contribution in [-0.4, -0.2) is 44.7 Å². The molecule has 4 nitrogen and oxygen atoms in total. The van der Waals surface area contributed by atoms with Crippen LogP contribution in [0.5, 0.6) is 0 Å². The van der Waals surface area contributed by atoms with Crippen LogP contribution in [0.4, 0.5) is 0 Å². The van der Waals surface area contributed by atoms with Crippen LogP contribution < -0.4 is 0 Å². The summed E-state index contributed by atoms with van der Waals surface area (Å²) in [6.07, 6.45) is 9.25. The molecule has 0 radical (unpaired) electrons. The number of amides is 1.